The number of benzene rings is 3. The molecule has 30 heavy (non-hydrogen) atoms. The first-order chi connectivity index (χ1) is 14.8. The summed E-state index contributed by atoms with van der Waals surface area (Å²) in [4.78, 5) is 8.52. The van der Waals surface area contributed by atoms with Crippen molar-refractivity contribution in [1.29, 1.82) is 0 Å². The molecule has 150 valence electrons. The summed E-state index contributed by atoms with van der Waals surface area (Å²) >= 11 is 0. The van der Waals surface area contributed by atoms with E-state index >= 15 is 0 Å². The highest BCUT2D eigenvalue weighted by Crippen LogP contribution is 2.24. The molecule has 2 aliphatic heterocycles. The molecule has 0 unspecified atom stereocenters. The monoisotopic (exact) mass is 398 g/mol. The Labute approximate surface area is 173 Å². The maximum Gasteiger partial charge on any atom is 0.212 e. The van der Waals surface area contributed by atoms with E-state index in [1.807, 2.05) is 0 Å². The number of guanidine groups is 2. The summed E-state index contributed by atoms with van der Waals surface area (Å²) in [6.45, 7) is 3.29. The third-order valence-electron chi connectivity index (χ3n) is 4.96. The van der Waals surface area contributed by atoms with Crippen molar-refractivity contribution < 1.29 is 0 Å². The van der Waals surface area contributed by atoms with Crippen LogP contribution in [0.4, 0.5) is 0 Å². The van der Waals surface area contributed by atoms with Crippen LogP contribution in [0.3, 0.4) is 0 Å². The Morgan fingerprint density at radius 1 is 0.667 bits per heavy atom. The van der Waals surface area contributed by atoms with E-state index in [1.165, 1.54) is 21.5 Å². The average Bonchev–Trinajstić information content (AvgIpc) is 3.47. The molecule has 2 aliphatic rings. The van der Waals surface area contributed by atoms with Crippen molar-refractivity contribution in [3.8, 4) is 0 Å². The number of hydrogen-bond donors (Lipinski definition) is 4. The Morgan fingerprint density at radius 2 is 1.17 bits per heavy atom. The summed E-state index contributed by atoms with van der Waals surface area (Å²) in [5, 5.41) is 19.5. The van der Waals surface area contributed by atoms with Gasteiger partial charge in [-0.15, -0.1) is 0 Å². The molecule has 0 aromatic heterocycles. The first kappa shape index (κ1) is 18.1. The Kier molecular flexibility index (Phi) is 4.95. The molecule has 8 nitrogen and oxygen atoms in total. The lowest BCUT2D eigenvalue weighted by Crippen LogP contribution is -2.30. The Hall–Kier alpha value is -3.94. The molecule has 0 fully saturated rings. The van der Waals surface area contributed by atoms with Gasteiger partial charge in [0.25, 0.3) is 0 Å². The van der Waals surface area contributed by atoms with Crippen molar-refractivity contribution in [3.63, 3.8) is 0 Å². The topological polar surface area (TPSA) is 97.6 Å². The van der Waals surface area contributed by atoms with Gasteiger partial charge in [0.1, 0.15) is 0 Å². The summed E-state index contributed by atoms with van der Waals surface area (Å²) in [7, 11) is 0. The number of hydrazone groups is 2. The summed E-state index contributed by atoms with van der Waals surface area (Å²) in [5.74, 6) is 1.44. The van der Waals surface area contributed by atoms with E-state index < -0.39 is 0 Å². The zero-order chi connectivity index (χ0) is 20.2. The molecule has 0 spiro atoms. The third kappa shape index (κ3) is 4.07. The quantitative estimate of drug-likeness (QED) is 0.306. The zero-order valence-electron chi connectivity index (χ0n) is 16.4. The minimum atomic E-state index is 0.720. The maximum atomic E-state index is 4.27. The van der Waals surface area contributed by atoms with Crippen molar-refractivity contribution >= 4 is 45.9 Å². The van der Waals surface area contributed by atoms with Crippen molar-refractivity contribution in [1.82, 2.24) is 21.5 Å². The van der Waals surface area contributed by atoms with Crippen LogP contribution in [0.5, 0.6) is 0 Å². The second kappa shape index (κ2) is 8.20. The van der Waals surface area contributed by atoms with Gasteiger partial charge >= 0.3 is 0 Å². The van der Waals surface area contributed by atoms with E-state index in [-0.39, 0.29) is 0 Å². The minimum absolute atomic E-state index is 0.720. The highest BCUT2D eigenvalue weighted by molar-refractivity contribution is 6.02. The zero-order valence-corrected chi connectivity index (χ0v) is 16.4. The average molecular weight is 398 g/mol. The van der Waals surface area contributed by atoms with Crippen molar-refractivity contribution in [2.75, 3.05) is 26.2 Å². The van der Waals surface area contributed by atoms with Gasteiger partial charge in [-0.1, -0.05) is 24.3 Å². The van der Waals surface area contributed by atoms with Crippen LogP contribution >= 0.6 is 0 Å². The smallest absolute Gasteiger partial charge is 0.212 e. The fraction of sp³-hybridized carbons (Fsp3) is 0.182. The van der Waals surface area contributed by atoms with Crippen molar-refractivity contribution in [3.05, 3.63) is 59.7 Å². The van der Waals surface area contributed by atoms with Crippen LogP contribution in [0.1, 0.15) is 11.1 Å². The van der Waals surface area contributed by atoms with Gasteiger partial charge in [0.2, 0.25) is 11.9 Å². The van der Waals surface area contributed by atoms with Gasteiger partial charge in [0.05, 0.1) is 25.5 Å². The van der Waals surface area contributed by atoms with Gasteiger partial charge in [0.15, 0.2) is 0 Å². The van der Waals surface area contributed by atoms with E-state index in [4.69, 9.17) is 0 Å². The standard InChI is InChI=1S/C22H22N8/c1-3-17-11-18-4-2-16(14-28-30-22-25-7-8-26-22)10-20(18)12-19(17)9-15(1)13-27-29-21-23-5-6-24-21/h1-4,9-14H,5-8H2,(H2,23,24,29)(H2,25,26,30)/b27-13-,28-14-. The Bertz CT molecular complexity index is 1120. The number of fused-ring (bicyclic) bond motifs is 2. The molecule has 3 aromatic rings. The molecule has 3 aromatic carbocycles. The molecule has 0 radical (unpaired) electrons. The first-order valence-electron chi connectivity index (χ1n) is 9.96. The lowest BCUT2D eigenvalue weighted by Gasteiger charge is -2.05. The van der Waals surface area contributed by atoms with Gasteiger partial charge in [-0.05, 0) is 56.9 Å². The van der Waals surface area contributed by atoms with Crippen LogP contribution in [0.15, 0.2) is 68.7 Å². The van der Waals surface area contributed by atoms with E-state index in [0.29, 0.717) is 0 Å². The van der Waals surface area contributed by atoms with E-state index in [1.54, 1.807) is 12.4 Å². The lowest BCUT2D eigenvalue weighted by atomic mass is 10.0. The predicted molar refractivity (Wildman–Crippen MR) is 124 cm³/mol. The normalized spacial score (nSPS) is 16.1. The second-order valence-electron chi connectivity index (χ2n) is 7.12. The fourth-order valence-corrected chi connectivity index (χ4v) is 3.48. The van der Waals surface area contributed by atoms with Gasteiger partial charge < -0.3 is 10.6 Å². The fourth-order valence-electron chi connectivity index (χ4n) is 3.48. The van der Waals surface area contributed by atoms with Crippen molar-refractivity contribution in [2.45, 2.75) is 0 Å². The molecule has 0 amide bonds. The van der Waals surface area contributed by atoms with Crippen molar-refractivity contribution in [2.24, 2.45) is 20.2 Å². The number of nitrogens with one attached hydrogen (secondary N) is 4. The molecule has 8 heteroatoms. The maximum absolute atomic E-state index is 4.27. The summed E-state index contributed by atoms with van der Waals surface area (Å²) < 4.78 is 0. The molecular weight excluding hydrogens is 376 g/mol. The van der Waals surface area contributed by atoms with Crippen LogP contribution in [0, 0.1) is 0 Å². The molecule has 0 aliphatic carbocycles. The molecule has 2 heterocycles. The number of nitrogens with zero attached hydrogens (tertiary/aromatic N) is 4. The highest BCUT2D eigenvalue weighted by Gasteiger charge is 2.04. The van der Waals surface area contributed by atoms with Gasteiger partial charge in [-0.25, -0.2) is 20.8 Å². The number of hydrogen-bond acceptors (Lipinski definition) is 8. The van der Waals surface area contributed by atoms with Crippen LogP contribution in [0.25, 0.3) is 21.5 Å². The third-order valence-corrected chi connectivity index (χ3v) is 4.96. The molecule has 5 rings (SSSR count). The first-order valence-corrected chi connectivity index (χ1v) is 9.96. The van der Waals surface area contributed by atoms with Gasteiger partial charge in [0, 0.05) is 13.1 Å². The number of aliphatic imine (C=N–C) groups is 2. The van der Waals surface area contributed by atoms with Crippen LogP contribution in [-0.2, 0) is 0 Å². The van der Waals surface area contributed by atoms with Gasteiger partial charge in [-0.3, -0.25) is 0 Å². The Morgan fingerprint density at radius 3 is 1.63 bits per heavy atom. The SMILES string of the molecule is C(=N/NC1=NCCN1)/c1ccc2cc3ccc(/C=N\NC4=NCCN4)cc3cc2c1. The van der Waals surface area contributed by atoms with Crippen LogP contribution in [-0.4, -0.2) is 50.5 Å². The molecule has 0 bridgehead atoms. The second-order valence-corrected chi connectivity index (χ2v) is 7.12. The lowest BCUT2D eigenvalue weighted by molar-refractivity contribution is 0.920. The summed E-state index contributed by atoms with van der Waals surface area (Å²) in [6, 6.07) is 17.0. The van der Waals surface area contributed by atoms with E-state index in [0.717, 1.165) is 49.2 Å². The number of rotatable bonds is 4. The predicted octanol–water partition coefficient (Wildman–Crippen LogP) is 1.76. The highest BCUT2D eigenvalue weighted by atomic mass is 15.4. The van der Waals surface area contributed by atoms with Crippen LogP contribution in [0.2, 0.25) is 0 Å². The van der Waals surface area contributed by atoms with Gasteiger partial charge in [-0.2, -0.15) is 10.2 Å². The summed E-state index contributed by atoms with van der Waals surface area (Å²) in [6.07, 6.45) is 3.61. The Balaban J connectivity index is 1.36. The minimum Gasteiger partial charge on any atom is -0.353 e. The van der Waals surface area contributed by atoms with E-state index in [9.17, 15) is 0 Å². The largest absolute Gasteiger partial charge is 0.353 e. The molecular formula is C22H22N8. The molecule has 0 atom stereocenters. The molecule has 0 saturated heterocycles. The molecule has 4 N–H and O–H groups in total. The van der Waals surface area contributed by atoms with E-state index in [2.05, 4.69) is 90.2 Å². The van der Waals surface area contributed by atoms with Crippen LogP contribution < -0.4 is 21.5 Å². The summed E-state index contributed by atoms with van der Waals surface area (Å²) in [5.41, 5.74) is 7.91. The molecule has 0 saturated carbocycles.